The fourth-order valence-corrected chi connectivity index (χ4v) is 2.86. The first-order valence-electron chi connectivity index (χ1n) is 6.99. The quantitative estimate of drug-likeness (QED) is 0.664. The summed E-state index contributed by atoms with van der Waals surface area (Å²) in [7, 11) is 0. The van der Waals surface area contributed by atoms with Crippen molar-refractivity contribution in [2.45, 2.75) is 6.92 Å². The van der Waals surface area contributed by atoms with Crippen LogP contribution in [0.15, 0.2) is 35.1 Å². The lowest BCUT2D eigenvalue weighted by Crippen LogP contribution is -2.16. The average molecular weight is 385 g/mol. The SMILES string of the molecule is Cc1n[nH]c(=O)c(-c2c(F)cc(F)cc2F)c1-c1ccc(Cl)c(Cl)c1. The highest BCUT2D eigenvalue weighted by molar-refractivity contribution is 6.42. The van der Waals surface area contributed by atoms with E-state index < -0.39 is 28.6 Å². The number of aryl methyl sites for hydroxylation is 1. The molecule has 25 heavy (non-hydrogen) atoms. The standard InChI is InChI=1S/C17H9Cl2F3N2O/c1-7-14(8-2-3-10(18)11(19)4-8)16(17(25)24-23-7)15-12(21)5-9(20)6-13(15)22/h2-6H,1H3,(H,24,25). The van der Waals surface area contributed by atoms with E-state index in [4.69, 9.17) is 23.2 Å². The predicted octanol–water partition coefficient (Wildman–Crippen LogP) is 5.14. The van der Waals surface area contributed by atoms with Gasteiger partial charge < -0.3 is 0 Å². The molecule has 0 amide bonds. The van der Waals surface area contributed by atoms with E-state index in [-0.39, 0.29) is 21.2 Å². The van der Waals surface area contributed by atoms with Crippen molar-refractivity contribution in [3.63, 3.8) is 0 Å². The van der Waals surface area contributed by atoms with E-state index in [2.05, 4.69) is 10.2 Å². The topological polar surface area (TPSA) is 45.8 Å². The number of benzene rings is 2. The number of aromatic nitrogens is 2. The van der Waals surface area contributed by atoms with Crippen LogP contribution in [-0.2, 0) is 0 Å². The second kappa shape index (κ2) is 6.54. The van der Waals surface area contributed by atoms with Gasteiger partial charge in [0.25, 0.3) is 5.56 Å². The van der Waals surface area contributed by atoms with E-state index in [9.17, 15) is 18.0 Å². The molecule has 0 saturated heterocycles. The lowest BCUT2D eigenvalue weighted by atomic mass is 9.94. The van der Waals surface area contributed by atoms with Gasteiger partial charge in [0.2, 0.25) is 0 Å². The first kappa shape index (κ1) is 17.5. The van der Waals surface area contributed by atoms with Crippen LogP contribution in [0.1, 0.15) is 5.69 Å². The van der Waals surface area contributed by atoms with Crippen molar-refractivity contribution < 1.29 is 13.2 Å². The molecule has 1 N–H and O–H groups in total. The summed E-state index contributed by atoms with van der Waals surface area (Å²) in [5.41, 5.74) is -0.905. The molecule has 0 fully saturated rings. The van der Waals surface area contributed by atoms with E-state index in [1.807, 2.05) is 0 Å². The van der Waals surface area contributed by atoms with E-state index in [0.29, 0.717) is 23.4 Å². The van der Waals surface area contributed by atoms with E-state index >= 15 is 0 Å². The van der Waals surface area contributed by atoms with Gasteiger partial charge in [0, 0.05) is 17.7 Å². The molecule has 1 aromatic heterocycles. The Bertz CT molecular complexity index is 1030. The molecule has 3 rings (SSSR count). The van der Waals surface area contributed by atoms with Crippen LogP contribution >= 0.6 is 23.2 Å². The van der Waals surface area contributed by atoms with Gasteiger partial charge in [0.05, 0.1) is 26.9 Å². The molecule has 0 aliphatic carbocycles. The Morgan fingerprint density at radius 3 is 2.16 bits per heavy atom. The smallest absolute Gasteiger partial charge is 0.267 e. The Balaban J connectivity index is 2.41. The second-order valence-corrected chi connectivity index (χ2v) is 6.08. The van der Waals surface area contributed by atoms with Crippen LogP contribution in [0.4, 0.5) is 13.2 Å². The molecule has 8 heteroatoms. The number of nitrogens with zero attached hydrogens (tertiary/aromatic N) is 1. The molecule has 1 heterocycles. The molecule has 0 aliphatic rings. The molecule has 0 unspecified atom stereocenters. The third-order valence-corrected chi connectivity index (χ3v) is 4.37. The number of aromatic amines is 1. The van der Waals surface area contributed by atoms with Gasteiger partial charge in [-0.2, -0.15) is 5.10 Å². The third kappa shape index (κ3) is 3.15. The summed E-state index contributed by atoms with van der Waals surface area (Å²) in [5, 5.41) is 6.50. The molecular formula is C17H9Cl2F3N2O. The van der Waals surface area contributed by atoms with Crippen LogP contribution < -0.4 is 5.56 Å². The summed E-state index contributed by atoms with van der Waals surface area (Å²) in [5.74, 6) is -3.48. The van der Waals surface area contributed by atoms with Crippen molar-refractivity contribution in [2.75, 3.05) is 0 Å². The molecule has 0 bridgehead atoms. The van der Waals surface area contributed by atoms with Gasteiger partial charge in [0.1, 0.15) is 17.5 Å². The summed E-state index contributed by atoms with van der Waals surface area (Å²) in [6.45, 7) is 1.55. The van der Waals surface area contributed by atoms with Crippen molar-refractivity contribution in [1.29, 1.82) is 0 Å². The van der Waals surface area contributed by atoms with Crippen molar-refractivity contribution >= 4 is 23.2 Å². The van der Waals surface area contributed by atoms with Crippen LogP contribution in [0.3, 0.4) is 0 Å². The van der Waals surface area contributed by atoms with Gasteiger partial charge in [-0.05, 0) is 24.6 Å². The minimum absolute atomic E-state index is 0.173. The van der Waals surface area contributed by atoms with Crippen LogP contribution in [0.5, 0.6) is 0 Å². The monoisotopic (exact) mass is 384 g/mol. The maximum absolute atomic E-state index is 14.2. The number of rotatable bonds is 2. The Labute approximate surface area is 150 Å². The molecule has 3 aromatic rings. The minimum Gasteiger partial charge on any atom is -0.267 e. The molecule has 0 saturated carbocycles. The van der Waals surface area contributed by atoms with Crippen molar-refractivity contribution in [3.05, 3.63) is 73.9 Å². The van der Waals surface area contributed by atoms with Crippen molar-refractivity contribution in [1.82, 2.24) is 10.2 Å². The van der Waals surface area contributed by atoms with Crippen molar-refractivity contribution in [2.24, 2.45) is 0 Å². The Kier molecular flexibility index (Phi) is 4.58. The van der Waals surface area contributed by atoms with Crippen LogP contribution in [0, 0.1) is 24.4 Å². The number of H-pyrrole nitrogens is 1. The Morgan fingerprint density at radius 1 is 0.920 bits per heavy atom. The molecule has 3 nitrogen and oxygen atoms in total. The maximum atomic E-state index is 14.2. The summed E-state index contributed by atoms with van der Waals surface area (Å²) in [6, 6.07) is 5.50. The van der Waals surface area contributed by atoms with Crippen LogP contribution in [-0.4, -0.2) is 10.2 Å². The van der Waals surface area contributed by atoms with Crippen LogP contribution in [0.25, 0.3) is 22.3 Å². The molecule has 0 radical (unpaired) electrons. The van der Waals surface area contributed by atoms with Gasteiger partial charge >= 0.3 is 0 Å². The fraction of sp³-hybridized carbons (Fsp3) is 0.0588. The molecule has 128 valence electrons. The lowest BCUT2D eigenvalue weighted by molar-refractivity contribution is 0.547. The Hall–Kier alpha value is -2.31. The van der Waals surface area contributed by atoms with Gasteiger partial charge in [-0.1, -0.05) is 29.3 Å². The third-order valence-electron chi connectivity index (χ3n) is 3.63. The van der Waals surface area contributed by atoms with E-state index in [0.717, 1.165) is 0 Å². The Morgan fingerprint density at radius 2 is 1.56 bits per heavy atom. The van der Waals surface area contributed by atoms with Crippen molar-refractivity contribution in [3.8, 4) is 22.3 Å². The normalized spacial score (nSPS) is 11.0. The zero-order chi connectivity index (χ0) is 18.3. The highest BCUT2D eigenvalue weighted by Crippen LogP contribution is 2.36. The van der Waals surface area contributed by atoms with E-state index in [1.165, 1.54) is 12.1 Å². The van der Waals surface area contributed by atoms with E-state index in [1.54, 1.807) is 13.0 Å². The minimum atomic E-state index is -1.20. The maximum Gasteiger partial charge on any atom is 0.272 e. The zero-order valence-corrected chi connectivity index (χ0v) is 14.1. The van der Waals surface area contributed by atoms with Crippen LogP contribution in [0.2, 0.25) is 10.0 Å². The van der Waals surface area contributed by atoms with Gasteiger partial charge in [-0.25, -0.2) is 18.3 Å². The van der Waals surface area contributed by atoms with Gasteiger partial charge in [0.15, 0.2) is 0 Å². The number of hydrogen-bond acceptors (Lipinski definition) is 2. The number of halogens is 5. The first-order valence-corrected chi connectivity index (χ1v) is 7.74. The molecular weight excluding hydrogens is 376 g/mol. The summed E-state index contributed by atoms with van der Waals surface area (Å²) >= 11 is 11.9. The van der Waals surface area contributed by atoms with Gasteiger partial charge in [-0.15, -0.1) is 0 Å². The zero-order valence-electron chi connectivity index (χ0n) is 12.6. The first-order chi connectivity index (χ1) is 11.8. The lowest BCUT2D eigenvalue weighted by Gasteiger charge is -2.13. The predicted molar refractivity (Wildman–Crippen MR) is 90.4 cm³/mol. The highest BCUT2D eigenvalue weighted by Gasteiger charge is 2.23. The summed E-state index contributed by atoms with van der Waals surface area (Å²) in [6.07, 6.45) is 0. The molecule has 0 atom stereocenters. The average Bonchev–Trinajstić information content (AvgIpc) is 2.53. The summed E-state index contributed by atoms with van der Waals surface area (Å²) < 4.78 is 41.7. The summed E-state index contributed by atoms with van der Waals surface area (Å²) in [4.78, 5) is 12.3. The highest BCUT2D eigenvalue weighted by atomic mass is 35.5. The molecule has 0 spiro atoms. The second-order valence-electron chi connectivity index (χ2n) is 5.26. The molecule has 2 aromatic carbocycles. The largest absolute Gasteiger partial charge is 0.272 e. The molecule has 0 aliphatic heterocycles. The number of hydrogen-bond donors (Lipinski definition) is 1. The van der Waals surface area contributed by atoms with Gasteiger partial charge in [-0.3, -0.25) is 4.79 Å². The fourth-order valence-electron chi connectivity index (χ4n) is 2.57. The number of nitrogens with one attached hydrogen (secondary N) is 1.